The van der Waals surface area contributed by atoms with Gasteiger partial charge in [-0.2, -0.15) is 5.26 Å². The van der Waals surface area contributed by atoms with E-state index in [9.17, 15) is 9.18 Å². The molecule has 1 amide bonds. The summed E-state index contributed by atoms with van der Waals surface area (Å²) in [6, 6.07) is 18.2. The Labute approximate surface area is 150 Å². The van der Waals surface area contributed by atoms with E-state index in [1.807, 2.05) is 6.07 Å². The Morgan fingerprint density at radius 2 is 1.69 bits per heavy atom. The van der Waals surface area contributed by atoms with E-state index in [1.165, 1.54) is 12.1 Å². The molecule has 0 saturated carbocycles. The maximum atomic E-state index is 12.9. The van der Waals surface area contributed by atoms with Crippen molar-refractivity contribution in [3.63, 3.8) is 0 Å². The average Bonchev–Trinajstić information content (AvgIpc) is 2.68. The molecular formula is C20H15FN4O. The van der Waals surface area contributed by atoms with Crippen LogP contribution in [0.3, 0.4) is 0 Å². The van der Waals surface area contributed by atoms with Gasteiger partial charge in [-0.1, -0.05) is 12.1 Å². The monoisotopic (exact) mass is 346 g/mol. The highest BCUT2D eigenvalue weighted by atomic mass is 19.1. The molecule has 0 aliphatic rings. The average molecular weight is 346 g/mol. The number of anilines is 2. The molecule has 0 aliphatic heterocycles. The summed E-state index contributed by atoms with van der Waals surface area (Å²) in [5.74, 6) is -0.604. The minimum atomic E-state index is -0.334. The molecule has 0 spiro atoms. The Morgan fingerprint density at radius 1 is 1.00 bits per heavy atom. The third-order valence-electron chi connectivity index (χ3n) is 3.68. The summed E-state index contributed by atoms with van der Waals surface area (Å²) in [6.45, 7) is 0.527. The minimum absolute atomic E-state index is 0.270. The van der Waals surface area contributed by atoms with Crippen LogP contribution in [0, 0.1) is 17.1 Å². The summed E-state index contributed by atoms with van der Waals surface area (Å²) >= 11 is 0. The van der Waals surface area contributed by atoms with Gasteiger partial charge in [-0.05, 0) is 54.1 Å². The fraction of sp³-hybridized carbons (Fsp3) is 0.0500. The van der Waals surface area contributed by atoms with E-state index < -0.39 is 0 Å². The maximum Gasteiger partial charge on any atom is 0.274 e. The lowest BCUT2D eigenvalue weighted by Crippen LogP contribution is -2.13. The smallest absolute Gasteiger partial charge is 0.274 e. The quantitative estimate of drug-likeness (QED) is 0.733. The largest absolute Gasteiger partial charge is 0.380 e. The molecule has 0 bridgehead atoms. The Kier molecular flexibility index (Phi) is 5.20. The van der Waals surface area contributed by atoms with E-state index in [0.717, 1.165) is 11.3 Å². The van der Waals surface area contributed by atoms with E-state index in [1.54, 1.807) is 54.7 Å². The van der Waals surface area contributed by atoms with Crippen LogP contribution in [-0.2, 0) is 6.54 Å². The zero-order chi connectivity index (χ0) is 18.4. The number of carbonyl (C=O) groups excluding carboxylic acids is 1. The Bertz CT molecular complexity index is 930. The first kappa shape index (κ1) is 17.1. The van der Waals surface area contributed by atoms with Crippen molar-refractivity contribution in [1.29, 1.82) is 5.26 Å². The molecule has 5 nitrogen and oxygen atoms in total. The number of benzene rings is 2. The van der Waals surface area contributed by atoms with Crippen LogP contribution in [0.25, 0.3) is 0 Å². The molecule has 6 heteroatoms. The summed E-state index contributed by atoms with van der Waals surface area (Å²) in [4.78, 5) is 16.3. The van der Waals surface area contributed by atoms with Crippen molar-refractivity contribution in [3.05, 3.63) is 89.5 Å². The van der Waals surface area contributed by atoms with Crippen LogP contribution in [0.2, 0.25) is 0 Å². The zero-order valence-corrected chi connectivity index (χ0v) is 13.7. The Hall–Kier alpha value is -3.72. The predicted molar refractivity (Wildman–Crippen MR) is 97.1 cm³/mol. The van der Waals surface area contributed by atoms with E-state index in [4.69, 9.17) is 5.26 Å². The summed E-state index contributed by atoms with van der Waals surface area (Å²) in [5, 5.41) is 14.7. The lowest BCUT2D eigenvalue weighted by molar-refractivity contribution is 0.102. The van der Waals surface area contributed by atoms with Crippen LogP contribution >= 0.6 is 0 Å². The lowest BCUT2D eigenvalue weighted by Gasteiger charge is -2.08. The summed E-state index contributed by atoms with van der Waals surface area (Å²) in [7, 11) is 0. The van der Waals surface area contributed by atoms with Crippen molar-refractivity contribution in [3.8, 4) is 6.07 Å². The van der Waals surface area contributed by atoms with Crippen LogP contribution in [-0.4, -0.2) is 10.9 Å². The second-order valence-electron chi connectivity index (χ2n) is 5.56. The molecule has 1 aromatic heterocycles. The molecule has 2 N–H and O–H groups in total. The molecular weight excluding hydrogens is 331 g/mol. The van der Waals surface area contributed by atoms with Gasteiger partial charge in [0.25, 0.3) is 5.91 Å². The molecule has 3 rings (SSSR count). The summed E-state index contributed by atoms with van der Waals surface area (Å²) in [6.07, 6.45) is 1.57. The number of halogens is 1. The highest BCUT2D eigenvalue weighted by Crippen LogP contribution is 2.13. The molecule has 0 aliphatic carbocycles. The molecule has 3 aromatic rings. The normalized spacial score (nSPS) is 10.0. The fourth-order valence-electron chi connectivity index (χ4n) is 2.26. The molecule has 128 valence electrons. The third kappa shape index (κ3) is 4.42. The topological polar surface area (TPSA) is 77.8 Å². The molecule has 0 atom stereocenters. The summed E-state index contributed by atoms with van der Waals surface area (Å²) in [5.41, 5.74) is 3.09. The van der Waals surface area contributed by atoms with Crippen molar-refractivity contribution in [2.45, 2.75) is 6.54 Å². The van der Waals surface area contributed by atoms with E-state index in [2.05, 4.69) is 15.6 Å². The van der Waals surface area contributed by atoms with Gasteiger partial charge in [0.05, 0.1) is 23.5 Å². The van der Waals surface area contributed by atoms with Crippen molar-refractivity contribution >= 4 is 17.3 Å². The van der Waals surface area contributed by atoms with Crippen molar-refractivity contribution in [2.75, 3.05) is 10.6 Å². The Balaban J connectivity index is 1.58. The standard InChI is InChI=1S/C20H15FN4O/c21-16-5-1-15(2-6-16)12-23-18-9-10-19(24-13-18)20(26)25-17-7-3-14(11-22)4-8-17/h1-10,13,23H,12H2,(H,25,26). The van der Waals surface area contributed by atoms with Gasteiger partial charge in [-0.15, -0.1) is 0 Å². The fourth-order valence-corrected chi connectivity index (χ4v) is 2.26. The number of aromatic nitrogens is 1. The number of hydrogen-bond donors (Lipinski definition) is 2. The maximum absolute atomic E-state index is 12.9. The molecule has 0 unspecified atom stereocenters. The number of hydrogen-bond acceptors (Lipinski definition) is 4. The highest BCUT2D eigenvalue weighted by molar-refractivity contribution is 6.02. The van der Waals surface area contributed by atoms with Crippen LogP contribution < -0.4 is 10.6 Å². The SMILES string of the molecule is N#Cc1ccc(NC(=O)c2ccc(NCc3ccc(F)cc3)cn2)cc1. The molecule has 26 heavy (non-hydrogen) atoms. The first-order chi connectivity index (χ1) is 12.6. The van der Waals surface area contributed by atoms with E-state index >= 15 is 0 Å². The number of nitriles is 1. The van der Waals surface area contributed by atoms with Gasteiger partial charge in [-0.3, -0.25) is 4.79 Å². The number of nitrogens with one attached hydrogen (secondary N) is 2. The predicted octanol–water partition coefficient (Wildman–Crippen LogP) is 3.96. The summed E-state index contributed by atoms with van der Waals surface area (Å²) < 4.78 is 12.9. The molecule has 1 heterocycles. The first-order valence-electron chi connectivity index (χ1n) is 7.90. The number of amides is 1. The number of pyridine rings is 1. The molecule has 0 saturated heterocycles. The van der Waals surface area contributed by atoms with Crippen LogP contribution in [0.1, 0.15) is 21.6 Å². The van der Waals surface area contributed by atoms with Crippen LogP contribution in [0.4, 0.5) is 15.8 Å². The lowest BCUT2D eigenvalue weighted by atomic mass is 10.2. The highest BCUT2D eigenvalue weighted by Gasteiger charge is 2.08. The van der Waals surface area contributed by atoms with Crippen molar-refractivity contribution < 1.29 is 9.18 Å². The second-order valence-corrected chi connectivity index (χ2v) is 5.56. The molecule has 0 radical (unpaired) electrons. The number of nitrogens with zero attached hydrogens (tertiary/aromatic N) is 2. The second kappa shape index (κ2) is 7.90. The first-order valence-corrected chi connectivity index (χ1v) is 7.90. The van der Waals surface area contributed by atoms with Crippen LogP contribution in [0.5, 0.6) is 0 Å². The molecule has 0 fully saturated rings. The zero-order valence-electron chi connectivity index (χ0n) is 13.7. The van der Waals surface area contributed by atoms with Gasteiger partial charge in [0, 0.05) is 12.2 Å². The number of rotatable bonds is 5. The van der Waals surface area contributed by atoms with Gasteiger partial charge < -0.3 is 10.6 Å². The van der Waals surface area contributed by atoms with E-state index in [-0.39, 0.29) is 17.4 Å². The number of carbonyl (C=O) groups is 1. The third-order valence-corrected chi connectivity index (χ3v) is 3.68. The van der Waals surface area contributed by atoms with E-state index in [0.29, 0.717) is 17.8 Å². The van der Waals surface area contributed by atoms with Gasteiger partial charge >= 0.3 is 0 Å². The van der Waals surface area contributed by atoms with Crippen molar-refractivity contribution in [2.24, 2.45) is 0 Å². The van der Waals surface area contributed by atoms with Crippen LogP contribution in [0.15, 0.2) is 66.9 Å². The van der Waals surface area contributed by atoms with Crippen molar-refractivity contribution in [1.82, 2.24) is 4.98 Å². The Morgan fingerprint density at radius 3 is 2.31 bits per heavy atom. The van der Waals surface area contributed by atoms with Gasteiger partial charge in [0.15, 0.2) is 0 Å². The van der Waals surface area contributed by atoms with Gasteiger partial charge in [-0.25, -0.2) is 9.37 Å². The minimum Gasteiger partial charge on any atom is -0.380 e. The van der Waals surface area contributed by atoms with Gasteiger partial charge in [0.1, 0.15) is 11.5 Å². The van der Waals surface area contributed by atoms with Gasteiger partial charge in [0.2, 0.25) is 0 Å². The molecule has 2 aromatic carbocycles.